The summed E-state index contributed by atoms with van der Waals surface area (Å²) in [6.07, 6.45) is 0. The summed E-state index contributed by atoms with van der Waals surface area (Å²) in [5.74, 6) is 0.628. The van der Waals surface area contributed by atoms with Gasteiger partial charge in [-0.25, -0.2) is 9.97 Å². The van der Waals surface area contributed by atoms with Crippen LogP contribution in [0.3, 0.4) is 0 Å². The molecule has 4 aromatic heterocycles. The van der Waals surface area contributed by atoms with E-state index in [2.05, 4.69) is 191 Å². The lowest BCUT2D eigenvalue weighted by Crippen LogP contribution is -2.05. The Morgan fingerprint density at radius 3 is 1.61 bits per heavy atom. The van der Waals surface area contributed by atoms with Crippen molar-refractivity contribution in [3.8, 4) is 34.0 Å². The van der Waals surface area contributed by atoms with Crippen molar-refractivity contribution in [3.63, 3.8) is 0 Å². The molecule has 59 heavy (non-hydrogen) atoms. The number of furan rings is 1. The van der Waals surface area contributed by atoms with Crippen LogP contribution in [0.2, 0.25) is 0 Å². The van der Waals surface area contributed by atoms with E-state index in [-0.39, 0.29) is 0 Å². The van der Waals surface area contributed by atoms with Crippen molar-refractivity contribution in [2.24, 2.45) is 0 Å². The predicted molar refractivity (Wildman–Crippen MR) is 244 cm³/mol. The lowest BCUT2D eigenvalue weighted by molar-refractivity contribution is 0.670. The van der Waals surface area contributed by atoms with E-state index >= 15 is 0 Å². The van der Waals surface area contributed by atoms with Crippen molar-refractivity contribution in [3.05, 3.63) is 194 Å². The van der Waals surface area contributed by atoms with Crippen molar-refractivity contribution in [1.82, 2.24) is 19.1 Å². The second kappa shape index (κ2) is 12.2. The van der Waals surface area contributed by atoms with Crippen molar-refractivity contribution in [2.45, 2.75) is 0 Å². The van der Waals surface area contributed by atoms with Crippen molar-refractivity contribution >= 4 is 87.2 Å². The van der Waals surface area contributed by atoms with Gasteiger partial charge in [0.05, 0.1) is 33.3 Å². The van der Waals surface area contributed by atoms with Crippen LogP contribution >= 0.6 is 0 Å². The predicted octanol–water partition coefficient (Wildman–Crippen LogP) is 14.2. The first kappa shape index (κ1) is 32.1. The van der Waals surface area contributed by atoms with Crippen LogP contribution in [-0.2, 0) is 0 Å². The molecule has 0 bridgehead atoms. The topological polar surface area (TPSA) is 48.8 Å². The molecule has 0 fully saturated rings. The van der Waals surface area contributed by atoms with Gasteiger partial charge in [0.25, 0.3) is 0 Å². The number of para-hydroxylation sites is 4. The maximum Gasteiger partial charge on any atom is 0.235 e. The van der Waals surface area contributed by atoms with Crippen LogP contribution in [0.25, 0.3) is 121 Å². The molecule has 0 unspecified atom stereocenters. The summed E-state index contributed by atoms with van der Waals surface area (Å²) in [5.41, 5.74) is 12.1. The van der Waals surface area contributed by atoms with Crippen molar-refractivity contribution < 1.29 is 4.42 Å². The molecule has 13 rings (SSSR count). The SMILES string of the molecule is c1ccc(-c2nc(-n3c4ccccc4c4c5ccccc5c5c6ccccc6n(-c6cc(-c7ccccc7)c7oc8ccccc8c7c6)c5c43)nc3ccccc23)cc1. The molecule has 0 aliphatic rings. The summed E-state index contributed by atoms with van der Waals surface area (Å²) in [6.45, 7) is 0. The molecule has 5 heteroatoms. The minimum absolute atomic E-state index is 0.628. The Balaban J connectivity index is 1.27. The monoisotopic (exact) mass is 752 g/mol. The lowest BCUT2D eigenvalue weighted by atomic mass is 9.98. The Morgan fingerprint density at radius 1 is 0.390 bits per heavy atom. The number of fused-ring (bicyclic) bond motifs is 14. The maximum atomic E-state index is 6.68. The first-order valence-corrected chi connectivity index (χ1v) is 20.0. The average molecular weight is 753 g/mol. The van der Waals surface area contributed by atoms with E-state index in [0.717, 1.165) is 88.4 Å². The highest BCUT2D eigenvalue weighted by molar-refractivity contribution is 6.36. The van der Waals surface area contributed by atoms with Crippen LogP contribution in [0.4, 0.5) is 0 Å². The van der Waals surface area contributed by atoms with Gasteiger partial charge >= 0.3 is 0 Å². The molecule has 274 valence electrons. The van der Waals surface area contributed by atoms with Gasteiger partial charge in [0.15, 0.2) is 0 Å². The maximum absolute atomic E-state index is 6.68. The normalized spacial score (nSPS) is 12.1. The molecule has 0 atom stereocenters. The molecular weight excluding hydrogens is 721 g/mol. The molecule has 0 aliphatic carbocycles. The van der Waals surface area contributed by atoms with Gasteiger partial charge < -0.3 is 8.98 Å². The van der Waals surface area contributed by atoms with Crippen LogP contribution in [0.15, 0.2) is 199 Å². The summed E-state index contributed by atoms with van der Waals surface area (Å²) in [4.78, 5) is 10.9. The summed E-state index contributed by atoms with van der Waals surface area (Å²) in [6, 6.07) is 68.8. The summed E-state index contributed by atoms with van der Waals surface area (Å²) in [5, 5.41) is 10.3. The Hall–Kier alpha value is -8.02. The van der Waals surface area contributed by atoms with Gasteiger partial charge in [0.2, 0.25) is 5.95 Å². The fourth-order valence-corrected chi connectivity index (χ4v) is 9.62. The van der Waals surface area contributed by atoms with Crippen LogP contribution in [-0.4, -0.2) is 19.1 Å². The number of hydrogen-bond acceptors (Lipinski definition) is 3. The zero-order valence-electron chi connectivity index (χ0n) is 31.7. The minimum atomic E-state index is 0.628. The quantitative estimate of drug-likeness (QED) is 0.180. The molecule has 0 aliphatic heterocycles. The van der Waals surface area contributed by atoms with E-state index in [1.807, 2.05) is 12.1 Å². The highest BCUT2D eigenvalue weighted by Crippen LogP contribution is 2.48. The zero-order chi connectivity index (χ0) is 38.6. The summed E-state index contributed by atoms with van der Waals surface area (Å²) in [7, 11) is 0. The average Bonchev–Trinajstić information content (AvgIpc) is 3.97. The van der Waals surface area contributed by atoms with Crippen molar-refractivity contribution in [2.75, 3.05) is 0 Å². The summed E-state index contributed by atoms with van der Waals surface area (Å²) < 4.78 is 11.5. The third-order valence-corrected chi connectivity index (χ3v) is 12.1. The molecule has 0 amide bonds. The molecule has 9 aromatic carbocycles. The molecule has 5 nitrogen and oxygen atoms in total. The Bertz CT molecular complexity index is 3840. The highest BCUT2D eigenvalue weighted by Gasteiger charge is 2.27. The molecule has 0 saturated carbocycles. The fourth-order valence-electron chi connectivity index (χ4n) is 9.62. The molecule has 4 heterocycles. The number of rotatable bonds is 4. The number of aromatic nitrogens is 4. The van der Waals surface area contributed by atoms with E-state index < -0.39 is 0 Å². The Morgan fingerprint density at radius 2 is 0.915 bits per heavy atom. The Kier molecular flexibility index (Phi) is 6.66. The number of benzene rings is 9. The third-order valence-electron chi connectivity index (χ3n) is 12.1. The summed E-state index contributed by atoms with van der Waals surface area (Å²) >= 11 is 0. The van der Waals surface area contributed by atoms with E-state index in [4.69, 9.17) is 14.4 Å². The number of nitrogens with zero attached hydrogens (tertiary/aromatic N) is 4. The van der Waals surface area contributed by atoms with Gasteiger partial charge in [-0.1, -0.05) is 158 Å². The van der Waals surface area contributed by atoms with E-state index in [0.29, 0.717) is 5.95 Å². The first-order valence-electron chi connectivity index (χ1n) is 20.0. The van der Waals surface area contributed by atoms with Gasteiger partial charge in [-0.15, -0.1) is 0 Å². The fraction of sp³-hybridized carbons (Fsp3) is 0. The second-order valence-corrected chi connectivity index (χ2v) is 15.3. The van der Waals surface area contributed by atoms with Gasteiger partial charge in [-0.05, 0) is 52.7 Å². The van der Waals surface area contributed by atoms with Gasteiger partial charge in [-0.3, -0.25) is 4.57 Å². The van der Waals surface area contributed by atoms with Crippen LogP contribution in [0, 0.1) is 0 Å². The first-order chi connectivity index (χ1) is 29.3. The molecule has 13 aromatic rings. The van der Waals surface area contributed by atoms with Crippen molar-refractivity contribution in [1.29, 1.82) is 0 Å². The smallest absolute Gasteiger partial charge is 0.235 e. The van der Waals surface area contributed by atoms with E-state index in [1.165, 1.54) is 26.9 Å². The molecule has 0 N–H and O–H groups in total. The molecule has 0 radical (unpaired) electrons. The highest BCUT2D eigenvalue weighted by atomic mass is 16.3. The van der Waals surface area contributed by atoms with Crippen LogP contribution in [0.1, 0.15) is 0 Å². The van der Waals surface area contributed by atoms with Crippen LogP contribution in [0.5, 0.6) is 0 Å². The molecule has 0 saturated heterocycles. The van der Waals surface area contributed by atoms with Gasteiger partial charge in [0, 0.05) is 54.5 Å². The third kappa shape index (κ3) is 4.55. The number of hydrogen-bond donors (Lipinski definition) is 0. The molecular formula is C54H32N4O. The minimum Gasteiger partial charge on any atom is -0.455 e. The standard InChI is InChI=1S/C54H32N4O/c1-3-17-33(18-4-1)42-31-35(32-43-36-21-12-16-30-47(36)59-53(42)43)57-45-28-14-10-25-40(45)48-37-22-7-8-23-38(37)49-41-26-11-15-29-46(41)58(52(49)51(48)57)54-55-44-27-13-9-24-39(44)50(56-54)34-19-5-2-6-20-34/h1-32H. The van der Waals surface area contributed by atoms with Gasteiger partial charge in [0.1, 0.15) is 11.2 Å². The van der Waals surface area contributed by atoms with Crippen LogP contribution < -0.4 is 0 Å². The Labute approximate surface area is 337 Å². The molecule has 0 spiro atoms. The second-order valence-electron chi connectivity index (χ2n) is 15.3. The lowest BCUT2D eigenvalue weighted by Gasteiger charge is -2.15. The van der Waals surface area contributed by atoms with Gasteiger partial charge in [-0.2, -0.15) is 0 Å². The zero-order valence-corrected chi connectivity index (χ0v) is 31.7. The van der Waals surface area contributed by atoms with E-state index in [9.17, 15) is 0 Å². The van der Waals surface area contributed by atoms with E-state index in [1.54, 1.807) is 0 Å². The largest absolute Gasteiger partial charge is 0.455 e.